The average molecular weight is 157 g/mol. The molecule has 0 aliphatic carbocycles. The van der Waals surface area contributed by atoms with Crippen molar-refractivity contribution in [2.24, 2.45) is 4.99 Å². The highest BCUT2D eigenvalue weighted by atomic mass is 16.6. The molecule has 0 N–H and O–H groups in total. The van der Waals surface area contributed by atoms with Crippen LogP contribution in [0.15, 0.2) is 4.99 Å². The topological polar surface area (TPSA) is 47.9 Å². The van der Waals surface area contributed by atoms with Gasteiger partial charge >= 0.3 is 5.97 Å². The standard InChI is InChI=1S/C7H11NO3/c1-4-6(7(9)10-3)11-5(2)8-4/h4,6H,1-3H3/t4-,6+/m1/s1. The molecular formula is C7H11NO3. The molecular weight excluding hydrogens is 146 g/mol. The van der Waals surface area contributed by atoms with Gasteiger partial charge in [-0.15, -0.1) is 0 Å². The highest BCUT2D eigenvalue weighted by molar-refractivity contribution is 5.84. The number of aliphatic imine (C=N–C) groups is 1. The first kappa shape index (κ1) is 8.04. The summed E-state index contributed by atoms with van der Waals surface area (Å²) in [6, 6.07) is -0.123. The molecule has 0 amide bonds. The fourth-order valence-electron chi connectivity index (χ4n) is 1.03. The van der Waals surface area contributed by atoms with E-state index in [1.807, 2.05) is 6.92 Å². The number of nitrogens with zero attached hydrogens (tertiary/aromatic N) is 1. The summed E-state index contributed by atoms with van der Waals surface area (Å²) in [5, 5.41) is 0. The molecule has 0 unspecified atom stereocenters. The normalized spacial score (nSPS) is 29.2. The molecule has 0 radical (unpaired) electrons. The summed E-state index contributed by atoms with van der Waals surface area (Å²) in [6.07, 6.45) is -0.542. The highest BCUT2D eigenvalue weighted by Crippen LogP contribution is 2.13. The number of carbonyl (C=O) groups excluding carboxylic acids is 1. The summed E-state index contributed by atoms with van der Waals surface area (Å²) in [4.78, 5) is 15.0. The molecule has 4 nitrogen and oxygen atoms in total. The number of hydrogen-bond donors (Lipinski definition) is 0. The quantitative estimate of drug-likeness (QED) is 0.516. The fraction of sp³-hybridized carbons (Fsp3) is 0.714. The van der Waals surface area contributed by atoms with Crippen LogP contribution < -0.4 is 0 Å². The predicted octanol–water partition coefficient (Wildman–Crippen LogP) is 0.365. The van der Waals surface area contributed by atoms with Crippen LogP contribution in [0.1, 0.15) is 13.8 Å². The molecule has 0 aromatic carbocycles. The molecule has 0 bridgehead atoms. The first-order valence-corrected chi connectivity index (χ1v) is 3.44. The first-order valence-electron chi connectivity index (χ1n) is 3.44. The summed E-state index contributed by atoms with van der Waals surface area (Å²) < 4.78 is 9.62. The SMILES string of the molecule is COC(=O)[C@H]1OC(C)=N[C@@H]1C. The summed E-state index contributed by atoms with van der Waals surface area (Å²) in [6.45, 7) is 3.54. The lowest BCUT2D eigenvalue weighted by molar-refractivity contribution is -0.149. The van der Waals surface area contributed by atoms with Gasteiger partial charge in [-0.3, -0.25) is 0 Å². The van der Waals surface area contributed by atoms with Crippen molar-refractivity contribution in [3.05, 3.63) is 0 Å². The third kappa shape index (κ3) is 1.50. The van der Waals surface area contributed by atoms with Crippen LogP contribution in [0.25, 0.3) is 0 Å². The Morgan fingerprint density at radius 1 is 1.73 bits per heavy atom. The molecule has 1 rings (SSSR count). The molecule has 4 heteroatoms. The number of esters is 1. The zero-order valence-corrected chi connectivity index (χ0v) is 6.83. The lowest BCUT2D eigenvalue weighted by Gasteiger charge is -2.10. The second-order valence-electron chi connectivity index (χ2n) is 2.45. The van der Waals surface area contributed by atoms with Crippen molar-refractivity contribution >= 4 is 11.9 Å². The van der Waals surface area contributed by atoms with Gasteiger partial charge in [0.05, 0.1) is 13.2 Å². The molecule has 0 aromatic heterocycles. The van der Waals surface area contributed by atoms with E-state index >= 15 is 0 Å². The Morgan fingerprint density at radius 3 is 2.73 bits per heavy atom. The van der Waals surface area contributed by atoms with Crippen molar-refractivity contribution in [3.63, 3.8) is 0 Å². The largest absolute Gasteiger partial charge is 0.466 e. The van der Waals surface area contributed by atoms with E-state index in [1.54, 1.807) is 6.92 Å². The Balaban J connectivity index is 2.59. The Kier molecular flexibility index (Phi) is 2.12. The Labute approximate surface area is 65.2 Å². The molecule has 1 aliphatic rings. The van der Waals surface area contributed by atoms with Crippen LogP contribution in [0, 0.1) is 0 Å². The molecule has 2 atom stereocenters. The lowest BCUT2D eigenvalue weighted by Crippen LogP contribution is -2.30. The van der Waals surface area contributed by atoms with Crippen LogP contribution in [-0.2, 0) is 14.3 Å². The molecule has 0 fully saturated rings. The Bertz CT molecular complexity index is 200. The minimum Gasteiger partial charge on any atom is -0.466 e. The van der Waals surface area contributed by atoms with Crippen LogP contribution in [0.2, 0.25) is 0 Å². The molecule has 62 valence electrons. The monoisotopic (exact) mass is 157 g/mol. The molecule has 0 saturated heterocycles. The summed E-state index contributed by atoms with van der Waals surface area (Å²) in [5.41, 5.74) is 0. The van der Waals surface area contributed by atoms with Crippen molar-refractivity contribution in [1.82, 2.24) is 0 Å². The third-order valence-electron chi connectivity index (χ3n) is 1.55. The second-order valence-corrected chi connectivity index (χ2v) is 2.45. The summed E-state index contributed by atoms with van der Waals surface area (Å²) in [7, 11) is 1.34. The van der Waals surface area contributed by atoms with E-state index in [0.717, 1.165) is 0 Å². The van der Waals surface area contributed by atoms with E-state index in [0.29, 0.717) is 5.90 Å². The van der Waals surface area contributed by atoms with Crippen molar-refractivity contribution < 1.29 is 14.3 Å². The Morgan fingerprint density at radius 2 is 2.36 bits per heavy atom. The van der Waals surface area contributed by atoms with Crippen LogP contribution in [0.3, 0.4) is 0 Å². The minimum atomic E-state index is -0.542. The van der Waals surface area contributed by atoms with Gasteiger partial charge in [-0.2, -0.15) is 0 Å². The summed E-state index contributed by atoms with van der Waals surface area (Å²) >= 11 is 0. The van der Waals surface area contributed by atoms with Gasteiger partial charge in [-0.25, -0.2) is 9.79 Å². The Hall–Kier alpha value is -1.06. The van der Waals surface area contributed by atoms with Crippen LogP contribution >= 0.6 is 0 Å². The zero-order valence-electron chi connectivity index (χ0n) is 6.83. The summed E-state index contributed by atoms with van der Waals surface area (Å²) in [5.74, 6) is 0.186. The molecule has 1 heterocycles. The van der Waals surface area contributed by atoms with E-state index in [4.69, 9.17) is 4.74 Å². The number of rotatable bonds is 1. The van der Waals surface area contributed by atoms with Crippen molar-refractivity contribution in [2.45, 2.75) is 26.0 Å². The van der Waals surface area contributed by atoms with E-state index in [2.05, 4.69) is 9.73 Å². The lowest BCUT2D eigenvalue weighted by atomic mass is 10.2. The third-order valence-corrected chi connectivity index (χ3v) is 1.55. The maximum absolute atomic E-state index is 10.9. The van der Waals surface area contributed by atoms with Gasteiger partial charge in [0.1, 0.15) is 0 Å². The maximum Gasteiger partial charge on any atom is 0.349 e. The highest BCUT2D eigenvalue weighted by Gasteiger charge is 2.32. The van der Waals surface area contributed by atoms with Crippen LogP contribution in [-0.4, -0.2) is 31.1 Å². The van der Waals surface area contributed by atoms with Crippen LogP contribution in [0.4, 0.5) is 0 Å². The van der Waals surface area contributed by atoms with Crippen molar-refractivity contribution in [1.29, 1.82) is 0 Å². The van der Waals surface area contributed by atoms with Gasteiger partial charge in [0, 0.05) is 6.92 Å². The first-order chi connectivity index (χ1) is 5.15. The zero-order chi connectivity index (χ0) is 8.43. The minimum absolute atomic E-state index is 0.123. The number of ether oxygens (including phenoxy) is 2. The van der Waals surface area contributed by atoms with Gasteiger partial charge in [0.25, 0.3) is 0 Å². The van der Waals surface area contributed by atoms with E-state index < -0.39 is 6.10 Å². The predicted molar refractivity (Wildman–Crippen MR) is 39.5 cm³/mol. The van der Waals surface area contributed by atoms with Crippen molar-refractivity contribution in [3.8, 4) is 0 Å². The molecule has 1 aliphatic heterocycles. The van der Waals surface area contributed by atoms with Crippen LogP contribution in [0.5, 0.6) is 0 Å². The van der Waals surface area contributed by atoms with E-state index in [-0.39, 0.29) is 12.0 Å². The second kappa shape index (κ2) is 2.90. The average Bonchev–Trinajstić information content (AvgIpc) is 2.28. The van der Waals surface area contributed by atoms with Gasteiger partial charge in [0.2, 0.25) is 6.10 Å². The van der Waals surface area contributed by atoms with E-state index in [9.17, 15) is 4.79 Å². The fourth-order valence-corrected chi connectivity index (χ4v) is 1.03. The molecule has 0 saturated carbocycles. The smallest absolute Gasteiger partial charge is 0.349 e. The van der Waals surface area contributed by atoms with Gasteiger partial charge in [-0.1, -0.05) is 0 Å². The van der Waals surface area contributed by atoms with Gasteiger partial charge in [-0.05, 0) is 6.92 Å². The number of hydrogen-bond acceptors (Lipinski definition) is 4. The molecule has 11 heavy (non-hydrogen) atoms. The van der Waals surface area contributed by atoms with Crippen molar-refractivity contribution in [2.75, 3.05) is 7.11 Å². The number of methoxy groups -OCH3 is 1. The maximum atomic E-state index is 10.9. The van der Waals surface area contributed by atoms with Gasteiger partial charge in [0.15, 0.2) is 5.90 Å². The van der Waals surface area contributed by atoms with Gasteiger partial charge < -0.3 is 9.47 Å². The van der Waals surface area contributed by atoms with E-state index in [1.165, 1.54) is 7.11 Å². The number of carbonyl (C=O) groups is 1. The molecule has 0 aromatic rings. The molecule has 0 spiro atoms.